The van der Waals surface area contributed by atoms with Crippen LogP contribution in [0.1, 0.15) is 11.3 Å². The molecule has 88 valence electrons. The Morgan fingerprint density at radius 2 is 2.29 bits per heavy atom. The van der Waals surface area contributed by atoms with Crippen LogP contribution >= 0.6 is 11.6 Å². The fourth-order valence-corrected chi connectivity index (χ4v) is 1.51. The molecule has 0 aliphatic carbocycles. The van der Waals surface area contributed by atoms with Crippen molar-refractivity contribution in [2.45, 2.75) is 6.92 Å². The van der Waals surface area contributed by atoms with Crippen LogP contribution in [0.4, 0.5) is 10.3 Å². The molecule has 2 aromatic rings. The minimum atomic E-state index is -0.457. The van der Waals surface area contributed by atoms with Gasteiger partial charge >= 0.3 is 0 Å². The molecule has 0 saturated carbocycles. The van der Waals surface area contributed by atoms with Crippen molar-refractivity contribution in [2.24, 2.45) is 5.10 Å². The van der Waals surface area contributed by atoms with Gasteiger partial charge in [0.1, 0.15) is 5.82 Å². The van der Waals surface area contributed by atoms with Gasteiger partial charge in [0.05, 0.1) is 23.1 Å². The molecule has 1 aromatic carbocycles. The number of hydrogen-bond acceptors (Lipinski definition) is 3. The summed E-state index contributed by atoms with van der Waals surface area (Å²) in [7, 11) is 0. The minimum absolute atomic E-state index is 0.0590. The smallest absolute Gasteiger partial charge is 0.221 e. The van der Waals surface area contributed by atoms with E-state index in [9.17, 15) is 4.39 Å². The third-order valence-electron chi connectivity index (χ3n) is 2.11. The summed E-state index contributed by atoms with van der Waals surface area (Å²) in [6.45, 7) is 1.82. The quantitative estimate of drug-likeness (QED) is 0.835. The van der Waals surface area contributed by atoms with Gasteiger partial charge in [0.15, 0.2) is 0 Å². The molecular formula is C11H10ClFN4. The third-order valence-corrected chi connectivity index (χ3v) is 2.40. The van der Waals surface area contributed by atoms with Gasteiger partial charge in [0.2, 0.25) is 5.95 Å². The maximum atomic E-state index is 12.9. The molecule has 6 heteroatoms. The highest BCUT2D eigenvalue weighted by Gasteiger charge is 2.00. The number of nitrogens with zero attached hydrogens (tertiary/aromatic N) is 3. The second-order valence-electron chi connectivity index (χ2n) is 3.50. The van der Waals surface area contributed by atoms with Gasteiger partial charge in [0, 0.05) is 0 Å². The van der Waals surface area contributed by atoms with E-state index in [1.165, 1.54) is 23.0 Å². The van der Waals surface area contributed by atoms with E-state index in [0.29, 0.717) is 11.5 Å². The predicted molar refractivity (Wildman–Crippen MR) is 65.8 cm³/mol. The van der Waals surface area contributed by atoms with Crippen LogP contribution in [0.25, 0.3) is 0 Å². The van der Waals surface area contributed by atoms with E-state index in [2.05, 4.69) is 10.1 Å². The number of aromatic nitrogens is 2. The summed E-state index contributed by atoms with van der Waals surface area (Å²) in [5.41, 5.74) is 7.07. The second kappa shape index (κ2) is 4.55. The molecule has 0 aliphatic heterocycles. The highest BCUT2D eigenvalue weighted by molar-refractivity contribution is 6.31. The number of benzene rings is 1. The Hall–Kier alpha value is -1.88. The molecule has 4 nitrogen and oxygen atoms in total. The normalized spacial score (nSPS) is 11.2. The summed E-state index contributed by atoms with van der Waals surface area (Å²) in [6, 6.07) is 4.34. The largest absolute Gasteiger partial charge is 0.368 e. The molecular weight excluding hydrogens is 243 g/mol. The van der Waals surface area contributed by atoms with Crippen LogP contribution in [-0.2, 0) is 0 Å². The second-order valence-corrected chi connectivity index (χ2v) is 3.91. The maximum absolute atomic E-state index is 12.9. The van der Waals surface area contributed by atoms with E-state index in [-0.39, 0.29) is 5.02 Å². The molecule has 0 bridgehead atoms. The van der Waals surface area contributed by atoms with Crippen LogP contribution in [0.3, 0.4) is 0 Å². The fraction of sp³-hybridized carbons (Fsp3) is 0.0909. The molecule has 0 radical (unpaired) electrons. The van der Waals surface area contributed by atoms with Gasteiger partial charge in [-0.2, -0.15) is 5.10 Å². The van der Waals surface area contributed by atoms with E-state index in [1.807, 2.05) is 6.92 Å². The number of imidazole rings is 1. The van der Waals surface area contributed by atoms with Gasteiger partial charge in [-0.1, -0.05) is 17.7 Å². The van der Waals surface area contributed by atoms with Crippen molar-refractivity contribution in [3.63, 3.8) is 0 Å². The van der Waals surface area contributed by atoms with Crippen LogP contribution in [0.2, 0.25) is 5.02 Å². The number of rotatable bonds is 2. The number of anilines is 1. The number of halogens is 2. The minimum Gasteiger partial charge on any atom is -0.368 e. The Kier molecular flexibility index (Phi) is 3.10. The maximum Gasteiger partial charge on any atom is 0.221 e. The summed E-state index contributed by atoms with van der Waals surface area (Å²) in [6.07, 6.45) is 3.22. The average Bonchev–Trinajstić information content (AvgIpc) is 2.59. The van der Waals surface area contributed by atoms with Crippen LogP contribution in [-0.4, -0.2) is 15.9 Å². The molecule has 2 rings (SSSR count). The summed E-state index contributed by atoms with van der Waals surface area (Å²) < 4.78 is 14.4. The van der Waals surface area contributed by atoms with E-state index in [0.717, 1.165) is 5.69 Å². The topological polar surface area (TPSA) is 56.2 Å². The third kappa shape index (κ3) is 2.62. The van der Waals surface area contributed by atoms with E-state index in [4.69, 9.17) is 17.3 Å². The summed E-state index contributed by atoms with van der Waals surface area (Å²) in [5, 5.41) is 4.15. The Bertz CT molecular complexity index is 577. The lowest BCUT2D eigenvalue weighted by molar-refractivity contribution is 0.628. The van der Waals surface area contributed by atoms with Gasteiger partial charge in [-0.3, -0.25) is 0 Å². The number of hydrogen-bond donors (Lipinski definition) is 1. The molecule has 0 aliphatic rings. The number of nitrogen functional groups attached to an aromatic ring is 1. The zero-order valence-corrected chi connectivity index (χ0v) is 9.82. The number of nitrogens with two attached hydrogens (primary N) is 1. The summed E-state index contributed by atoms with van der Waals surface area (Å²) in [5.74, 6) is -0.159. The lowest BCUT2D eigenvalue weighted by atomic mass is 10.2. The zero-order valence-electron chi connectivity index (χ0n) is 9.06. The molecule has 1 heterocycles. The van der Waals surface area contributed by atoms with Gasteiger partial charge in [-0.15, -0.1) is 0 Å². The SMILES string of the molecule is Cc1cn(N=Cc2ccc(F)c(Cl)c2)c(N)n1. The van der Waals surface area contributed by atoms with E-state index >= 15 is 0 Å². The molecule has 2 N–H and O–H groups in total. The van der Waals surface area contributed by atoms with E-state index < -0.39 is 5.82 Å². The van der Waals surface area contributed by atoms with Crippen molar-refractivity contribution in [1.82, 2.24) is 9.66 Å². The fourth-order valence-electron chi connectivity index (χ4n) is 1.32. The predicted octanol–water partition coefficient (Wildman–Crippen LogP) is 2.45. The van der Waals surface area contributed by atoms with Crippen molar-refractivity contribution < 1.29 is 4.39 Å². The first-order chi connectivity index (χ1) is 8.06. The monoisotopic (exact) mass is 252 g/mol. The Morgan fingerprint density at radius 1 is 1.53 bits per heavy atom. The van der Waals surface area contributed by atoms with Gasteiger partial charge < -0.3 is 5.73 Å². The van der Waals surface area contributed by atoms with Crippen molar-refractivity contribution in [1.29, 1.82) is 0 Å². The average molecular weight is 253 g/mol. The Balaban J connectivity index is 2.26. The lowest BCUT2D eigenvalue weighted by Gasteiger charge is -1.97. The Labute approximate surface area is 103 Å². The van der Waals surface area contributed by atoms with Crippen molar-refractivity contribution in [3.8, 4) is 0 Å². The van der Waals surface area contributed by atoms with Crippen LogP contribution in [0.5, 0.6) is 0 Å². The highest BCUT2D eigenvalue weighted by Crippen LogP contribution is 2.15. The van der Waals surface area contributed by atoms with Crippen LogP contribution in [0.15, 0.2) is 29.5 Å². The Morgan fingerprint density at radius 3 is 2.88 bits per heavy atom. The summed E-state index contributed by atoms with van der Waals surface area (Å²) >= 11 is 5.65. The van der Waals surface area contributed by atoms with Gasteiger partial charge in [-0.05, 0) is 24.6 Å². The molecule has 17 heavy (non-hydrogen) atoms. The first-order valence-corrected chi connectivity index (χ1v) is 5.25. The van der Waals surface area contributed by atoms with Gasteiger partial charge in [0.25, 0.3) is 0 Å². The molecule has 1 aromatic heterocycles. The first kappa shape index (κ1) is 11.6. The first-order valence-electron chi connectivity index (χ1n) is 4.87. The van der Waals surface area contributed by atoms with Crippen LogP contribution in [0, 0.1) is 12.7 Å². The number of aryl methyl sites for hydroxylation is 1. The molecule has 0 unspecified atom stereocenters. The molecule has 0 amide bonds. The highest BCUT2D eigenvalue weighted by atomic mass is 35.5. The van der Waals surface area contributed by atoms with Gasteiger partial charge in [-0.25, -0.2) is 14.1 Å². The molecule has 0 spiro atoms. The molecule has 0 saturated heterocycles. The standard InChI is InChI=1S/C11H10ClFN4/c1-7-6-17(11(14)16-7)15-5-8-2-3-10(13)9(12)4-8/h2-6H,1H3,(H2,14,16). The molecule has 0 fully saturated rings. The van der Waals surface area contributed by atoms with Crippen LogP contribution < -0.4 is 5.73 Å². The van der Waals surface area contributed by atoms with Crippen molar-refractivity contribution >= 4 is 23.8 Å². The van der Waals surface area contributed by atoms with Crippen molar-refractivity contribution in [3.05, 3.63) is 46.5 Å². The summed E-state index contributed by atoms with van der Waals surface area (Å²) in [4.78, 5) is 4.00. The van der Waals surface area contributed by atoms with Crippen molar-refractivity contribution in [2.75, 3.05) is 5.73 Å². The van der Waals surface area contributed by atoms with E-state index in [1.54, 1.807) is 12.3 Å². The zero-order chi connectivity index (χ0) is 12.4. The lowest BCUT2D eigenvalue weighted by Crippen LogP contribution is -1.97. The molecule has 0 atom stereocenters.